The van der Waals surface area contributed by atoms with Crippen LogP contribution < -0.4 is 10.9 Å². The number of nitrogens with one attached hydrogen (secondary N) is 1. The highest BCUT2D eigenvalue weighted by Crippen LogP contribution is 2.28. The number of rotatable bonds is 3. The van der Waals surface area contributed by atoms with Crippen molar-refractivity contribution in [2.24, 2.45) is 0 Å². The number of alkyl halides is 3. The number of aromatic nitrogens is 1. The van der Waals surface area contributed by atoms with Gasteiger partial charge in [-0.15, -0.1) is 0 Å². The first-order chi connectivity index (χ1) is 9.89. The summed E-state index contributed by atoms with van der Waals surface area (Å²) in [5.41, 5.74) is -1.78. The molecule has 1 amide bonds. The molecule has 0 radical (unpaired) electrons. The van der Waals surface area contributed by atoms with Crippen molar-refractivity contribution in [3.63, 3.8) is 0 Å². The largest absolute Gasteiger partial charge is 0.431 e. The number of piperazine rings is 1. The number of amides is 1. The molecule has 2 rings (SSSR count). The second-order valence-electron chi connectivity index (χ2n) is 4.78. The molecule has 1 N–H and O–H groups in total. The summed E-state index contributed by atoms with van der Waals surface area (Å²) >= 11 is 0. The normalized spacial score (nSPS) is 16.0. The number of halogens is 3. The van der Waals surface area contributed by atoms with Crippen molar-refractivity contribution in [2.45, 2.75) is 19.1 Å². The molecule has 8 heteroatoms. The van der Waals surface area contributed by atoms with Crippen molar-refractivity contribution in [2.75, 3.05) is 26.2 Å². The third-order valence-electron chi connectivity index (χ3n) is 3.36. The van der Waals surface area contributed by atoms with Gasteiger partial charge in [-0.1, -0.05) is 6.07 Å². The van der Waals surface area contributed by atoms with Gasteiger partial charge in [-0.2, -0.15) is 13.2 Å². The lowest BCUT2D eigenvalue weighted by molar-refractivity contribution is -0.145. The van der Waals surface area contributed by atoms with Gasteiger partial charge in [-0.05, 0) is 6.07 Å². The van der Waals surface area contributed by atoms with Gasteiger partial charge in [0, 0.05) is 45.2 Å². The maximum absolute atomic E-state index is 12.8. The molecule has 1 aliphatic rings. The van der Waals surface area contributed by atoms with Crippen LogP contribution in [0.2, 0.25) is 0 Å². The molecule has 2 heterocycles. The fourth-order valence-electron chi connectivity index (χ4n) is 2.28. The zero-order chi connectivity index (χ0) is 15.5. The van der Waals surface area contributed by atoms with Crippen molar-refractivity contribution >= 4 is 5.91 Å². The number of pyridine rings is 1. The predicted molar refractivity (Wildman–Crippen MR) is 69.8 cm³/mol. The Bertz CT molecular complexity index is 563. The highest BCUT2D eigenvalue weighted by Gasteiger charge is 2.34. The van der Waals surface area contributed by atoms with Crippen LogP contribution in [0.3, 0.4) is 0 Å². The van der Waals surface area contributed by atoms with Crippen LogP contribution in [0.15, 0.2) is 23.0 Å². The summed E-state index contributed by atoms with van der Waals surface area (Å²) in [5.74, 6) is -0.236. The Morgan fingerprint density at radius 1 is 1.24 bits per heavy atom. The van der Waals surface area contributed by atoms with Crippen LogP contribution in [0.5, 0.6) is 0 Å². The summed E-state index contributed by atoms with van der Waals surface area (Å²) in [7, 11) is 0. The molecule has 1 aromatic heterocycles. The molecule has 21 heavy (non-hydrogen) atoms. The molecule has 5 nitrogen and oxygen atoms in total. The van der Waals surface area contributed by atoms with Crippen LogP contribution in [0, 0.1) is 0 Å². The minimum absolute atomic E-state index is 0.118. The lowest BCUT2D eigenvalue weighted by Gasteiger charge is -2.27. The summed E-state index contributed by atoms with van der Waals surface area (Å²) in [4.78, 5) is 25.1. The van der Waals surface area contributed by atoms with Gasteiger partial charge in [0.2, 0.25) is 5.91 Å². The molecule has 0 unspecified atom stereocenters. The summed E-state index contributed by atoms with van der Waals surface area (Å²) in [6.07, 6.45) is -4.73. The maximum atomic E-state index is 12.8. The van der Waals surface area contributed by atoms with E-state index in [0.29, 0.717) is 30.7 Å². The van der Waals surface area contributed by atoms with Gasteiger partial charge >= 0.3 is 6.18 Å². The van der Waals surface area contributed by atoms with Gasteiger partial charge in [-0.25, -0.2) is 0 Å². The van der Waals surface area contributed by atoms with Crippen LogP contribution in [0.25, 0.3) is 0 Å². The fraction of sp³-hybridized carbons (Fsp3) is 0.538. The Kier molecular flexibility index (Phi) is 4.66. The zero-order valence-corrected chi connectivity index (χ0v) is 11.3. The zero-order valence-electron chi connectivity index (χ0n) is 11.3. The molecular weight excluding hydrogens is 287 g/mol. The quantitative estimate of drug-likeness (QED) is 0.894. The Morgan fingerprint density at radius 3 is 2.52 bits per heavy atom. The smallest absolute Gasteiger partial charge is 0.340 e. The number of hydrogen-bond donors (Lipinski definition) is 1. The molecule has 1 saturated heterocycles. The molecule has 0 aromatic carbocycles. The summed E-state index contributed by atoms with van der Waals surface area (Å²) in [6.45, 7) is 2.15. The van der Waals surface area contributed by atoms with E-state index in [2.05, 4.69) is 5.32 Å². The number of hydrogen-bond acceptors (Lipinski definition) is 3. The summed E-state index contributed by atoms with van der Waals surface area (Å²) in [5, 5.41) is 3.08. The van der Waals surface area contributed by atoms with Gasteiger partial charge in [0.05, 0.1) is 0 Å². The first-order valence-corrected chi connectivity index (χ1v) is 6.65. The summed E-state index contributed by atoms with van der Waals surface area (Å²) in [6, 6.07) is 2.97. The van der Waals surface area contributed by atoms with Crippen molar-refractivity contribution in [3.8, 4) is 0 Å². The number of carbonyl (C=O) groups excluding carboxylic acids is 1. The minimum Gasteiger partial charge on any atom is -0.340 e. The van der Waals surface area contributed by atoms with Crippen LogP contribution in [0.4, 0.5) is 13.2 Å². The highest BCUT2D eigenvalue weighted by molar-refractivity contribution is 5.76. The first-order valence-electron chi connectivity index (χ1n) is 6.65. The molecule has 1 aromatic rings. The van der Waals surface area contributed by atoms with Crippen molar-refractivity contribution in [3.05, 3.63) is 34.2 Å². The average Bonchev–Trinajstić information content (AvgIpc) is 2.45. The third kappa shape index (κ3) is 3.84. The lowest BCUT2D eigenvalue weighted by Crippen LogP contribution is -2.46. The molecule has 1 fully saturated rings. The monoisotopic (exact) mass is 303 g/mol. The molecule has 116 valence electrons. The Balaban J connectivity index is 2.09. The molecule has 0 atom stereocenters. The Labute approximate surface area is 119 Å². The van der Waals surface area contributed by atoms with E-state index in [-0.39, 0.29) is 18.9 Å². The van der Waals surface area contributed by atoms with Crippen molar-refractivity contribution in [1.82, 2.24) is 14.8 Å². The van der Waals surface area contributed by atoms with Crippen molar-refractivity contribution in [1.29, 1.82) is 0 Å². The molecule has 0 saturated carbocycles. The van der Waals surface area contributed by atoms with E-state index in [4.69, 9.17) is 0 Å². The molecule has 0 bridgehead atoms. The van der Waals surface area contributed by atoms with E-state index >= 15 is 0 Å². The lowest BCUT2D eigenvalue weighted by atomic mass is 10.2. The van der Waals surface area contributed by atoms with E-state index in [1.807, 2.05) is 0 Å². The molecular formula is C13H16F3N3O2. The molecule has 0 aliphatic carbocycles. The van der Waals surface area contributed by atoms with Crippen LogP contribution >= 0.6 is 0 Å². The molecule has 1 aliphatic heterocycles. The minimum atomic E-state index is -4.61. The molecule has 0 spiro atoms. The Morgan fingerprint density at radius 2 is 1.90 bits per heavy atom. The number of carbonyl (C=O) groups is 1. The second-order valence-corrected chi connectivity index (χ2v) is 4.78. The predicted octanol–water partition coefficient (Wildman–Crippen LogP) is 0.689. The van der Waals surface area contributed by atoms with Gasteiger partial charge in [-0.3, -0.25) is 9.59 Å². The average molecular weight is 303 g/mol. The van der Waals surface area contributed by atoms with Gasteiger partial charge in [0.1, 0.15) is 5.69 Å². The van der Waals surface area contributed by atoms with E-state index in [1.165, 1.54) is 0 Å². The third-order valence-corrected chi connectivity index (χ3v) is 3.36. The van der Waals surface area contributed by atoms with Crippen LogP contribution in [-0.2, 0) is 17.5 Å². The van der Waals surface area contributed by atoms with E-state index in [0.717, 1.165) is 18.2 Å². The van der Waals surface area contributed by atoms with Gasteiger partial charge < -0.3 is 14.8 Å². The summed E-state index contributed by atoms with van der Waals surface area (Å²) < 4.78 is 39.1. The number of nitrogens with zero attached hydrogens (tertiary/aromatic N) is 2. The standard InChI is InChI=1S/C13H16F3N3O2/c14-13(15,16)10-2-1-3-12(21)19(10)7-4-11(20)18-8-5-17-6-9-18/h1-3,17H,4-9H2. The van der Waals surface area contributed by atoms with Gasteiger partial charge in [0.25, 0.3) is 5.56 Å². The van der Waals surface area contributed by atoms with Gasteiger partial charge in [0.15, 0.2) is 0 Å². The highest BCUT2D eigenvalue weighted by atomic mass is 19.4. The second kappa shape index (κ2) is 6.30. The van der Waals surface area contributed by atoms with Crippen LogP contribution in [-0.4, -0.2) is 41.6 Å². The fourth-order valence-corrected chi connectivity index (χ4v) is 2.28. The van der Waals surface area contributed by atoms with E-state index in [9.17, 15) is 22.8 Å². The topological polar surface area (TPSA) is 54.3 Å². The Hall–Kier alpha value is -1.83. The van der Waals surface area contributed by atoms with E-state index in [1.54, 1.807) is 4.90 Å². The first kappa shape index (κ1) is 15.6. The maximum Gasteiger partial charge on any atom is 0.431 e. The SMILES string of the molecule is O=C(CCn1c(C(F)(F)F)cccc1=O)N1CCNCC1. The van der Waals surface area contributed by atoms with Crippen molar-refractivity contribution < 1.29 is 18.0 Å². The van der Waals surface area contributed by atoms with E-state index < -0.39 is 17.4 Å². The van der Waals surface area contributed by atoms with Crippen LogP contribution in [0.1, 0.15) is 12.1 Å².